The number of halogens is 3. The summed E-state index contributed by atoms with van der Waals surface area (Å²) in [4.78, 5) is 4.10. The van der Waals surface area contributed by atoms with E-state index in [1.807, 2.05) is 6.92 Å². The maximum atomic E-state index is 12.3. The Kier molecular flexibility index (Phi) is 2.40. The van der Waals surface area contributed by atoms with Gasteiger partial charge in [0.05, 0.1) is 5.56 Å². The first-order valence-corrected chi connectivity index (χ1v) is 4.75. The van der Waals surface area contributed by atoms with Gasteiger partial charge >= 0.3 is 6.18 Å². The van der Waals surface area contributed by atoms with Gasteiger partial charge in [-0.1, -0.05) is 12.1 Å². The topological polar surface area (TPSA) is 21.6 Å². The lowest BCUT2D eigenvalue weighted by molar-refractivity contribution is -0.137. The SMILES string of the molecule is CC1(c2ccc(C(F)(F)F)cc2)COC=N1. The molecule has 16 heavy (non-hydrogen) atoms. The average molecular weight is 229 g/mol. The Labute approximate surface area is 90.8 Å². The van der Waals surface area contributed by atoms with Gasteiger partial charge in [0.2, 0.25) is 0 Å². The number of benzene rings is 1. The molecule has 5 heteroatoms. The van der Waals surface area contributed by atoms with Crippen LogP contribution in [-0.4, -0.2) is 13.0 Å². The number of hydrogen-bond acceptors (Lipinski definition) is 2. The van der Waals surface area contributed by atoms with Gasteiger partial charge in [0.25, 0.3) is 0 Å². The van der Waals surface area contributed by atoms with Crippen LogP contribution >= 0.6 is 0 Å². The van der Waals surface area contributed by atoms with Crippen molar-refractivity contribution in [1.82, 2.24) is 0 Å². The van der Waals surface area contributed by atoms with Gasteiger partial charge in [-0.25, -0.2) is 4.99 Å². The van der Waals surface area contributed by atoms with Crippen LogP contribution in [0.5, 0.6) is 0 Å². The molecule has 0 amide bonds. The van der Waals surface area contributed by atoms with Crippen molar-refractivity contribution in [1.29, 1.82) is 0 Å². The van der Waals surface area contributed by atoms with Gasteiger partial charge < -0.3 is 4.74 Å². The first-order chi connectivity index (χ1) is 7.42. The standard InChI is InChI=1S/C11H10F3NO/c1-10(6-16-7-15-10)8-2-4-9(5-3-8)11(12,13)14/h2-5,7H,6H2,1H3. The third-order valence-corrected chi connectivity index (χ3v) is 2.61. The van der Waals surface area contributed by atoms with Crippen LogP contribution in [0.25, 0.3) is 0 Å². The van der Waals surface area contributed by atoms with Crippen LogP contribution in [-0.2, 0) is 16.5 Å². The molecule has 1 aliphatic heterocycles. The van der Waals surface area contributed by atoms with Gasteiger partial charge in [0.1, 0.15) is 12.1 Å². The van der Waals surface area contributed by atoms with E-state index in [1.54, 1.807) is 0 Å². The fourth-order valence-electron chi connectivity index (χ4n) is 1.57. The number of aliphatic imine (C=N–C) groups is 1. The summed E-state index contributed by atoms with van der Waals surface area (Å²) in [5, 5.41) is 0. The van der Waals surface area contributed by atoms with Crippen LogP contribution in [0.2, 0.25) is 0 Å². The second kappa shape index (κ2) is 3.50. The monoisotopic (exact) mass is 229 g/mol. The first kappa shape index (κ1) is 11.0. The van der Waals surface area contributed by atoms with Crippen molar-refractivity contribution in [2.45, 2.75) is 18.6 Å². The molecule has 1 atom stereocenters. The number of alkyl halides is 3. The van der Waals surface area contributed by atoms with Crippen molar-refractivity contribution < 1.29 is 17.9 Å². The number of rotatable bonds is 1. The van der Waals surface area contributed by atoms with Gasteiger partial charge in [-0.15, -0.1) is 0 Å². The molecule has 86 valence electrons. The minimum atomic E-state index is -4.30. The molecule has 0 N–H and O–H groups in total. The zero-order valence-electron chi connectivity index (χ0n) is 8.58. The molecule has 0 radical (unpaired) electrons. The molecular formula is C11H10F3NO. The minimum Gasteiger partial charge on any atom is -0.481 e. The predicted octanol–water partition coefficient (Wildman–Crippen LogP) is 2.98. The zero-order chi connectivity index (χ0) is 11.8. The second-order valence-corrected chi connectivity index (χ2v) is 3.89. The lowest BCUT2D eigenvalue weighted by Gasteiger charge is -2.19. The van der Waals surface area contributed by atoms with E-state index in [4.69, 9.17) is 4.74 Å². The Hall–Kier alpha value is -1.52. The molecule has 2 nitrogen and oxygen atoms in total. The Morgan fingerprint density at radius 1 is 1.25 bits per heavy atom. The highest BCUT2D eigenvalue weighted by Gasteiger charge is 2.33. The van der Waals surface area contributed by atoms with E-state index in [0.717, 1.165) is 12.1 Å². The van der Waals surface area contributed by atoms with E-state index < -0.39 is 17.3 Å². The maximum absolute atomic E-state index is 12.3. The van der Waals surface area contributed by atoms with Crippen molar-refractivity contribution in [2.24, 2.45) is 4.99 Å². The van der Waals surface area contributed by atoms with Crippen LogP contribution in [0.15, 0.2) is 29.3 Å². The van der Waals surface area contributed by atoms with E-state index in [-0.39, 0.29) is 0 Å². The molecule has 0 saturated carbocycles. The van der Waals surface area contributed by atoms with Gasteiger partial charge in [0, 0.05) is 0 Å². The highest BCUT2D eigenvalue weighted by molar-refractivity contribution is 5.52. The van der Waals surface area contributed by atoms with Crippen molar-refractivity contribution in [3.8, 4) is 0 Å². The predicted molar refractivity (Wildman–Crippen MR) is 53.2 cm³/mol. The van der Waals surface area contributed by atoms with Crippen LogP contribution in [0.1, 0.15) is 18.1 Å². The molecule has 0 aliphatic carbocycles. The van der Waals surface area contributed by atoms with Crippen molar-refractivity contribution in [3.05, 3.63) is 35.4 Å². The summed E-state index contributed by atoms with van der Waals surface area (Å²) in [6, 6.07) is 5.01. The summed E-state index contributed by atoms with van der Waals surface area (Å²) in [6.07, 6.45) is -2.97. The van der Waals surface area contributed by atoms with Crippen LogP contribution in [0.4, 0.5) is 13.2 Å². The fourth-order valence-corrected chi connectivity index (χ4v) is 1.57. The summed E-state index contributed by atoms with van der Waals surface area (Å²) in [7, 11) is 0. The molecule has 1 unspecified atom stereocenters. The van der Waals surface area contributed by atoms with E-state index in [2.05, 4.69) is 4.99 Å². The molecule has 0 fully saturated rings. The molecule has 1 heterocycles. The molecule has 1 aromatic rings. The molecule has 1 aromatic carbocycles. The van der Waals surface area contributed by atoms with Crippen LogP contribution in [0, 0.1) is 0 Å². The van der Waals surface area contributed by atoms with Crippen molar-refractivity contribution in [3.63, 3.8) is 0 Å². The maximum Gasteiger partial charge on any atom is 0.416 e. The van der Waals surface area contributed by atoms with Crippen molar-refractivity contribution >= 4 is 6.40 Å². The van der Waals surface area contributed by atoms with Crippen molar-refractivity contribution in [2.75, 3.05) is 6.61 Å². The smallest absolute Gasteiger partial charge is 0.416 e. The summed E-state index contributed by atoms with van der Waals surface area (Å²) in [5.74, 6) is 0. The van der Waals surface area contributed by atoms with E-state index in [0.29, 0.717) is 12.2 Å². The lowest BCUT2D eigenvalue weighted by atomic mass is 9.93. The zero-order valence-corrected chi connectivity index (χ0v) is 8.58. The average Bonchev–Trinajstić information content (AvgIpc) is 2.66. The van der Waals surface area contributed by atoms with E-state index in [9.17, 15) is 13.2 Å². The number of nitrogens with zero attached hydrogens (tertiary/aromatic N) is 1. The Morgan fingerprint density at radius 3 is 2.31 bits per heavy atom. The third-order valence-electron chi connectivity index (χ3n) is 2.61. The normalized spacial score (nSPS) is 24.5. The fraction of sp³-hybridized carbons (Fsp3) is 0.364. The lowest BCUT2D eigenvalue weighted by Crippen LogP contribution is -2.20. The number of ether oxygens (including phenoxy) is 1. The molecule has 0 aromatic heterocycles. The number of hydrogen-bond donors (Lipinski definition) is 0. The second-order valence-electron chi connectivity index (χ2n) is 3.89. The van der Waals surface area contributed by atoms with E-state index >= 15 is 0 Å². The van der Waals surface area contributed by atoms with Gasteiger partial charge in [-0.05, 0) is 24.6 Å². The molecule has 2 rings (SSSR count). The van der Waals surface area contributed by atoms with Crippen LogP contribution in [0.3, 0.4) is 0 Å². The summed E-state index contributed by atoms with van der Waals surface area (Å²) < 4.78 is 42.0. The van der Waals surface area contributed by atoms with Gasteiger partial charge in [-0.3, -0.25) is 0 Å². The molecular weight excluding hydrogens is 219 g/mol. The molecule has 1 aliphatic rings. The highest BCUT2D eigenvalue weighted by atomic mass is 19.4. The minimum absolute atomic E-state index is 0.359. The van der Waals surface area contributed by atoms with Gasteiger partial charge in [0.15, 0.2) is 6.40 Å². The highest BCUT2D eigenvalue weighted by Crippen LogP contribution is 2.33. The quantitative estimate of drug-likeness (QED) is 0.725. The molecule has 0 saturated heterocycles. The van der Waals surface area contributed by atoms with Gasteiger partial charge in [-0.2, -0.15) is 13.2 Å². The summed E-state index contributed by atoms with van der Waals surface area (Å²) in [5.41, 5.74) is -0.499. The largest absolute Gasteiger partial charge is 0.481 e. The Bertz CT molecular complexity index is 410. The Balaban J connectivity index is 2.29. The summed E-state index contributed by atoms with van der Waals surface area (Å²) in [6.45, 7) is 2.18. The Morgan fingerprint density at radius 2 is 1.88 bits per heavy atom. The van der Waals surface area contributed by atoms with Crippen LogP contribution < -0.4 is 0 Å². The first-order valence-electron chi connectivity index (χ1n) is 4.75. The molecule has 0 bridgehead atoms. The van der Waals surface area contributed by atoms with E-state index in [1.165, 1.54) is 18.5 Å². The molecule has 0 spiro atoms. The third kappa shape index (κ3) is 1.89. The summed E-state index contributed by atoms with van der Waals surface area (Å²) >= 11 is 0.